The van der Waals surface area contributed by atoms with E-state index in [9.17, 15) is 9.18 Å². The Labute approximate surface area is 158 Å². The predicted octanol–water partition coefficient (Wildman–Crippen LogP) is 3.78. The molecule has 1 N–H and O–H groups in total. The first-order chi connectivity index (χ1) is 12.9. The minimum Gasteiger partial charge on any atom is -0.325 e. The van der Waals surface area contributed by atoms with E-state index >= 15 is 0 Å². The van der Waals surface area contributed by atoms with Crippen molar-refractivity contribution in [1.29, 1.82) is 0 Å². The first-order valence-electron chi connectivity index (χ1n) is 8.80. The lowest BCUT2D eigenvalue weighted by Crippen LogP contribution is -2.39. The molecule has 0 aliphatic rings. The van der Waals surface area contributed by atoms with Gasteiger partial charge in [0.2, 0.25) is 5.91 Å². The summed E-state index contributed by atoms with van der Waals surface area (Å²) >= 11 is 0. The van der Waals surface area contributed by atoms with Crippen LogP contribution in [0.2, 0.25) is 0 Å². The van der Waals surface area contributed by atoms with Crippen LogP contribution >= 0.6 is 0 Å². The quantitative estimate of drug-likeness (QED) is 0.722. The summed E-state index contributed by atoms with van der Waals surface area (Å²) in [5, 5.41) is 7.14. The Hall–Kier alpha value is -2.99. The van der Waals surface area contributed by atoms with Crippen molar-refractivity contribution < 1.29 is 9.18 Å². The van der Waals surface area contributed by atoms with Crippen LogP contribution in [-0.4, -0.2) is 33.7 Å². The van der Waals surface area contributed by atoms with Gasteiger partial charge in [0.25, 0.3) is 0 Å². The summed E-state index contributed by atoms with van der Waals surface area (Å²) in [4.78, 5) is 14.4. The Morgan fingerprint density at radius 3 is 2.70 bits per heavy atom. The van der Waals surface area contributed by atoms with E-state index in [0.717, 1.165) is 11.3 Å². The molecule has 0 aliphatic carbocycles. The number of hydrogen-bond acceptors (Lipinski definition) is 3. The summed E-state index contributed by atoms with van der Waals surface area (Å²) in [6.07, 6.45) is 3.75. The number of likely N-dealkylation sites (N-methyl/N-ethyl adjacent to an activating group) is 1. The van der Waals surface area contributed by atoms with E-state index in [4.69, 9.17) is 0 Å². The van der Waals surface area contributed by atoms with Gasteiger partial charge in [-0.15, -0.1) is 0 Å². The molecule has 1 heterocycles. The molecule has 0 fully saturated rings. The SMILES string of the molecule is Cc1ccc(NC(=O)C(C)N(C)Cc2cnn(-c3ccccc3)c2)cc1F. The minimum absolute atomic E-state index is 0.184. The standard InChI is InChI=1S/C21H23FN4O/c1-15-9-10-18(11-20(15)22)24-21(27)16(2)25(3)13-17-12-23-26(14-17)19-7-5-4-6-8-19/h4-12,14,16H,13H2,1-3H3,(H,24,27). The minimum atomic E-state index is -0.380. The molecule has 0 bridgehead atoms. The molecule has 0 spiro atoms. The maximum absolute atomic E-state index is 13.6. The van der Waals surface area contributed by atoms with Gasteiger partial charge in [-0.05, 0) is 50.7 Å². The average molecular weight is 366 g/mol. The number of rotatable bonds is 6. The van der Waals surface area contributed by atoms with Crippen molar-refractivity contribution in [2.24, 2.45) is 0 Å². The molecule has 1 aromatic heterocycles. The van der Waals surface area contributed by atoms with Crippen LogP contribution in [-0.2, 0) is 11.3 Å². The number of aryl methyl sites for hydroxylation is 1. The normalized spacial score (nSPS) is 12.2. The number of para-hydroxylation sites is 1. The van der Waals surface area contributed by atoms with Gasteiger partial charge in [-0.1, -0.05) is 24.3 Å². The highest BCUT2D eigenvalue weighted by Crippen LogP contribution is 2.15. The molecule has 3 rings (SSSR count). The smallest absolute Gasteiger partial charge is 0.241 e. The number of hydrogen-bond donors (Lipinski definition) is 1. The summed E-state index contributed by atoms with van der Waals surface area (Å²) in [5.41, 5.74) is 3.00. The van der Waals surface area contributed by atoms with Crippen molar-refractivity contribution in [2.75, 3.05) is 12.4 Å². The fourth-order valence-electron chi connectivity index (χ4n) is 2.71. The number of carbonyl (C=O) groups is 1. The Morgan fingerprint density at radius 1 is 1.26 bits per heavy atom. The molecular weight excluding hydrogens is 343 g/mol. The molecule has 0 saturated heterocycles. The van der Waals surface area contributed by atoms with Crippen molar-refractivity contribution in [3.63, 3.8) is 0 Å². The summed E-state index contributed by atoms with van der Waals surface area (Å²) in [6.45, 7) is 4.08. The third-order valence-electron chi connectivity index (χ3n) is 4.57. The summed E-state index contributed by atoms with van der Waals surface area (Å²) in [7, 11) is 1.87. The van der Waals surface area contributed by atoms with E-state index in [2.05, 4.69) is 10.4 Å². The highest BCUT2D eigenvalue weighted by Gasteiger charge is 2.19. The van der Waals surface area contributed by atoms with E-state index in [0.29, 0.717) is 17.8 Å². The van der Waals surface area contributed by atoms with Crippen LogP contribution in [0.15, 0.2) is 60.9 Å². The number of amides is 1. The first kappa shape index (κ1) is 18.8. The zero-order valence-electron chi connectivity index (χ0n) is 15.7. The van der Waals surface area contributed by atoms with Gasteiger partial charge >= 0.3 is 0 Å². The lowest BCUT2D eigenvalue weighted by atomic mass is 10.2. The molecular formula is C21H23FN4O. The topological polar surface area (TPSA) is 50.2 Å². The fraction of sp³-hybridized carbons (Fsp3) is 0.238. The molecule has 3 aromatic rings. The first-order valence-corrected chi connectivity index (χ1v) is 8.80. The molecule has 1 amide bonds. The fourth-order valence-corrected chi connectivity index (χ4v) is 2.71. The van der Waals surface area contributed by atoms with E-state index in [1.165, 1.54) is 6.07 Å². The maximum Gasteiger partial charge on any atom is 0.241 e. The molecule has 1 atom stereocenters. The number of benzene rings is 2. The number of aromatic nitrogens is 2. The van der Waals surface area contributed by atoms with Gasteiger partial charge in [0.05, 0.1) is 17.9 Å². The molecule has 5 nitrogen and oxygen atoms in total. The van der Waals surface area contributed by atoms with Crippen LogP contribution in [0.1, 0.15) is 18.1 Å². The van der Waals surface area contributed by atoms with Crippen LogP contribution in [0.4, 0.5) is 10.1 Å². The maximum atomic E-state index is 13.6. The zero-order valence-corrected chi connectivity index (χ0v) is 15.7. The lowest BCUT2D eigenvalue weighted by Gasteiger charge is -2.23. The molecule has 6 heteroatoms. The second kappa shape index (κ2) is 8.14. The van der Waals surface area contributed by atoms with Crippen molar-refractivity contribution in [3.8, 4) is 5.69 Å². The van der Waals surface area contributed by atoms with Crippen molar-refractivity contribution in [3.05, 3.63) is 77.9 Å². The van der Waals surface area contributed by atoms with Crippen LogP contribution in [0, 0.1) is 12.7 Å². The number of halogens is 1. The van der Waals surface area contributed by atoms with Crippen LogP contribution < -0.4 is 5.32 Å². The van der Waals surface area contributed by atoms with Gasteiger partial charge in [0, 0.05) is 24.0 Å². The van der Waals surface area contributed by atoms with Gasteiger partial charge in [-0.3, -0.25) is 9.69 Å². The molecule has 0 aliphatic heterocycles. The van der Waals surface area contributed by atoms with Gasteiger partial charge in [-0.2, -0.15) is 5.10 Å². The average Bonchev–Trinajstić information content (AvgIpc) is 3.13. The molecule has 0 radical (unpaired) electrons. The third-order valence-corrected chi connectivity index (χ3v) is 4.57. The molecule has 140 valence electrons. The number of nitrogens with one attached hydrogen (secondary N) is 1. The molecule has 2 aromatic carbocycles. The number of nitrogens with zero attached hydrogens (tertiary/aromatic N) is 3. The van der Waals surface area contributed by atoms with Gasteiger partial charge < -0.3 is 5.32 Å². The largest absolute Gasteiger partial charge is 0.325 e. The Morgan fingerprint density at radius 2 is 2.00 bits per heavy atom. The summed E-state index contributed by atoms with van der Waals surface area (Å²) in [5.74, 6) is -0.515. The van der Waals surface area contributed by atoms with Gasteiger partial charge in [0.15, 0.2) is 0 Å². The van der Waals surface area contributed by atoms with Gasteiger partial charge in [0.1, 0.15) is 5.82 Å². The van der Waals surface area contributed by atoms with E-state index < -0.39 is 0 Å². The predicted molar refractivity (Wildman–Crippen MR) is 104 cm³/mol. The zero-order chi connectivity index (χ0) is 19.4. The number of carbonyl (C=O) groups excluding carboxylic acids is 1. The second-order valence-corrected chi connectivity index (χ2v) is 6.67. The Balaban J connectivity index is 1.61. The van der Waals surface area contributed by atoms with Crippen LogP contribution in [0.3, 0.4) is 0 Å². The Bertz CT molecular complexity index is 923. The van der Waals surface area contributed by atoms with E-state index in [1.54, 1.807) is 25.3 Å². The second-order valence-electron chi connectivity index (χ2n) is 6.67. The molecule has 1 unspecified atom stereocenters. The Kier molecular flexibility index (Phi) is 5.66. The van der Waals surface area contributed by atoms with E-state index in [1.807, 2.05) is 60.1 Å². The molecule has 27 heavy (non-hydrogen) atoms. The van der Waals surface area contributed by atoms with Crippen LogP contribution in [0.5, 0.6) is 0 Å². The van der Waals surface area contributed by atoms with Gasteiger partial charge in [-0.25, -0.2) is 9.07 Å². The van der Waals surface area contributed by atoms with Crippen molar-refractivity contribution in [2.45, 2.75) is 26.4 Å². The van der Waals surface area contributed by atoms with Crippen molar-refractivity contribution in [1.82, 2.24) is 14.7 Å². The monoisotopic (exact) mass is 366 g/mol. The number of anilines is 1. The third kappa shape index (κ3) is 4.60. The molecule has 0 saturated carbocycles. The lowest BCUT2D eigenvalue weighted by molar-refractivity contribution is -0.120. The highest BCUT2D eigenvalue weighted by atomic mass is 19.1. The summed E-state index contributed by atoms with van der Waals surface area (Å²) in [6, 6.07) is 14.2. The highest BCUT2D eigenvalue weighted by molar-refractivity contribution is 5.94. The van der Waals surface area contributed by atoms with Crippen molar-refractivity contribution >= 4 is 11.6 Å². The van der Waals surface area contributed by atoms with Crippen LogP contribution in [0.25, 0.3) is 5.69 Å². The van der Waals surface area contributed by atoms with E-state index in [-0.39, 0.29) is 17.8 Å². The summed E-state index contributed by atoms with van der Waals surface area (Å²) < 4.78 is 15.5.